The summed E-state index contributed by atoms with van der Waals surface area (Å²) in [4.78, 5) is 14.9. The predicted molar refractivity (Wildman–Crippen MR) is 217 cm³/mol. The molecule has 2 unspecified atom stereocenters. The summed E-state index contributed by atoms with van der Waals surface area (Å²) < 4.78 is 6.36. The number of aliphatic hydroxyl groups excluding tert-OH is 3. The Morgan fingerprint density at radius 3 is 2.71 bits per heavy atom. The first-order chi connectivity index (χ1) is 26.6. The summed E-state index contributed by atoms with van der Waals surface area (Å²) in [5.74, 6) is -1.32. The van der Waals surface area contributed by atoms with E-state index in [9.17, 15) is 25.2 Å². The minimum absolute atomic E-state index is 0.179. The van der Waals surface area contributed by atoms with Gasteiger partial charge in [-0.25, -0.2) is 0 Å². The second-order valence-corrected chi connectivity index (χ2v) is 15.6. The summed E-state index contributed by atoms with van der Waals surface area (Å²) in [6, 6.07) is 22.9. The molecular weight excluding hydrogens is 693 g/mol. The van der Waals surface area contributed by atoms with E-state index in [2.05, 4.69) is 56.8 Å². The van der Waals surface area contributed by atoms with Crippen LogP contribution in [-0.2, 0) is 17.8 Å². The number of nitrogens with zero attached hydrogens (tertiary/aromatic N) is 2. The number of anilines is 1. The van der Waals surface area contributed by atoms with Crippen LogP contribution in [0.5, 0.6) is 5.75 Å². The van der Waals surface area contributed by atoms with Crippen LogP contribution in [0.1, 0.15) is 68.6 Å². The maximum Gasteiger partial charge on any atom is 0.310 e. The van der Waals surface area contributed by atoms with E-state index in [0.717, 1.165) is 72.2 Å². The van der Waals surface area contributed by atoms with E-state index in [-0.39, 0.29) is 11.8 Å². The van der Waals surface area contributed by atoms with E-state index in [4.69, 9.17) is 4.74 Å². The van der Waals surface area contributed by atoms with Crippen LogP contribution in [0, 0.1) is 24.7 Å². The average molecular weight is 751 g/mol. The standard InChI is InChI=1S/C45H58N4O6/c1-30-15-16-33(28-49-23-9-12-36(29-49)47-35-18-22-41-34(25-35)27-46-48-41)24-44(30)55-31(2)38(45(53)54)13-7-4-8-14-39-40(43(52)26-42(39)51)21-20-37(50)19-17-32-10-5-3-6-11-32/h3-6,8,10-11,15-16,18,20-22,24-25,27,31,36-40,42-43,47,50-52H,7,9,12-14,17,19,23,26,28-29H2,1-2H3,(H,46,48)(H,53,54)/b8-4-,21-20+/t31?,36-,37+,38?,39-,40-,42+,43-/m1/s1. The van der Waals surface area contributed by atoms with Gasteiger partial charge in [-0.3, -0.25) is 14.8 Å². The molecule has 0 amide bonds. The first-order valence-electron chi connectivity index (χ1n) is 20.0. The van der Waals surface area contributed by atoms with Crippen LogP contribution in [0.4, 0.5) is 5.69 Å². The molecule has 6 N–H and O–H groups in total. The molecule has 2 fully saturated rings. The lowest BCUT2D eigenvalue weighted by Crippen LogP contribution is -2.41. The van der Waals surface area contributed by atoms with E-state index in [1.807, 2.05) is 68.6 Å². The van der Waals surface area contributed by atoms with Gasteiger partial charge in [0.1, 0.15) is 11.9 Å². The third-order valence-corrected chi connectivity index (χ3v) is 11.4. The summed E-state index contributed by atoms with van der Waals surface area (Å²) in [5.41, 5.74) is 5.39. The number of fused-ring (bicyclic) bond motifs is 1. The second-order valence-electron chi connectivity index (χ2n) is 15.6. The molecule has 1 aromatic heterocycles. The van der Waals surface area contributed by atoms with Crippen molar-refractivity contribution in [2.45, 2.75) is 102 Å². The monoisotopic (exact) mass is 750 g/mol. The maximum absolute atomic E-state index is 12.4. The van der Waals surface area contributed by atoms with Crippen molar-refractivity contribution in [3.8, 4) is 5.75 Å². The number of carbonyl (C=O) groups is 1. The van der Waals surface area contributed by atoms with Crippen molar-refractivity contribution in [1.29, 1.82) is 0 Å². The summed E-state index contributed by atoms with van der Waals surface area (Å²) in [5, 5.41) is 54.0. The molecule has 1 saturated heterocycles. The normalized spacial score (nSPS) is 23.7. The Hall–Kier alpha value is -4.48. The highest BCUT2D eigenvalue weighted by molar-refractivity contribution is 5.81. The van der Waals surface area contributed by atoms with Crippen LogP contribution in [0.2, 0.25) is 0 Å². The molecule has 4 aromatic rings. The van der Waals surface area contributed by atoms with E-state index in [1.54, 1.807) is 6.08 Å². The Labute approximate surface area is 324 Å². The van der Waals surface area contributed by atoms with E-state index in [1.165, 1.54) is 0 Å². The molecule has 0 spiro atoms. The lowest BCUT2D eigenvalue weighted by Gasteiger charge is -2.34. The number of carboxylic acids is 1. The molecule has 6 rings (SSSR count). The number of ether oxygens (including phenoxy) is 1. The van der Waals surface area contributed by atoms with Gasteiger partial charge in [-0.05, 0) is 112 Å². The molecule has 2 heterocycles. The zero-order chi connectivity index (χ0) is 38.7. The molecule has 1 saturated carbocycles. The van der Waals surface area contributed by atoms with Crippen molar-refractivity contribution < 1.29 is 30.0 Å². The molecule has 8 atom stereocenters. The quantitative estimate of drug-likeness (QED) is 0.0588. The number of H-pyrrole nitrogens is 1. The molecule has 10 nitrogen and oxygen atoms in total. The number of aliphatic carboxylic acids is 1. The first kappa shape index (κ1) is 40.2. The van der Waals surface area contributed by atoms with Crippen LogP contribution in [0.3, 0.4) is 0 Å². The van der Waals surface area contributed by atoms with Crippen molar-refractivity contribution in [3.05, 3.63) is 114 Å². The number of carboxylic acid groups (broad SMARTS) is 1. The van der Waals surface area contributed by atoms with Gasteiger partial charge in [-0.2, -0.15) is 5.10 Å². The zero-order valence-electron chi connectivity index (χ0n) is 32.1. The number of hydrogen-bond acceptors (Lipinski definition) is 8. The van der Waals surface area contributed by atoms with Crippen molar-refractivity contribution in [2.24, 2.45) is 17.8 Å². The Kier molecular flexibility index (Phi) is 14.2. The lowest BCUT2D eigenvalue weighted by molar-refractivity contribution is -0.145. The van der Waals surface area contributed by atoms with Gasteiger partial charge in [0, 0.05) is 42.5 Å². The summed E-state index contributed by atoms with van der Waals surface area (Å²) in [6.07, 6.45) is 12.3. The molecule has 1 aliphatic carbocycles. The Balaban J connectivity index is 0.972. The number of likely N-dealkylation sites (tertiary alicyclic amines) is 1. The molecule has 294 valence electrons. The molecular formula is C45H58N4O6. The molecule has 2 aliphatic rings. The maximum atomic E-state index is 12.4. The van der Waals surface area contributed by atoms with E-state index < -0.39 is 36.3 Å². The van der Waals surface area contributed by atoms with Gasteiger partial charge in [0.15, 0.2) is 0 Å². The Morgan fingerprint density at radius 2 is 1.89 bits per heavy atom. The largest absolute Gasteiger partial charge is 0.490 e. The van der Waals surface area contributed by atoms with Gasteiger partial charge in [0.2, 0.25) is 0 Å². The third-order valence-electron chi connectivity index (χ3n) is 11.4. The SMILES string of the molecule is Cc1ccc(CN2CCC[C@@H](Nc3ccc4[nH]ncc4c3)C2)cc1OC(C)C(CC/C=C\C[C@@H]1[C@@H](/C=C/[C@@H](O)CCc2ccccc2)[C@H](O)C[C@@H]1O)C(=O)O. The molecule has 3 aromatic carbocycles. The van der Waals surface area contributed by atoms with Crippen molar-refractivity contribution in [1.82, 2.24) is 15.1 Å². The fraction of sp³-hybridized carbons (Fsp3) is 0.467. The summed E-state index contributed by atoms with van der Waals surface area (Å²) in [7, 11) is 0. The number of hydrogen-bond donors (Lipinski definition) is 6. The fourth-order valence-corrected chi connectivity index (χ4v) is 8.22. The number of aromatic amines is 1. The van der Waals surface area contributed by atoms with Gasteiger partial charge < -0.3 is 30.5 Å². The van der Waals surface area contributed by atoms with Crippen LogP contribution in [-0.4, -0.2) is 85.0 Å². The lowest BCUT2D eigenvalue weighted by atomic mass is 9.89. The molecule has 1 aliphatic heterocycles. The highest BCUT2D eigenvalue weighted by atomic mass is 16.5. The minimum atomic E-state index is -0.890. The zero-order valence-corrected chi connectivity index (χ0v) is 32.1. The first-order valence-corrected chi connectivity index (χ1v) is 20.0. The third kappa shape index (κ3) is 11.3. The summed E-state index contributed by atoms with van der Waals surface area (Å²) in [6.45, 7) is 6.55. The minimum Gasteiger partial charge on any atom is -0.490 e. The summed E-state index contributed by atoms with van der Waals surface area (Å²) >= 11 is 0. The van der Waals surface area contributed by atoms with Crippen molar-refractivity contribution in [2.75, 3.05) is 18.4 Å². The second kappa shape index (κ2) is 19.4. The van der Waals surface area contributed by atoms with E-state index >= 15 is 0 Å². The number of allylic oxidation sites excluding steroid dienone is 2. The highest BCUT2D eigenvalue weighted by Crippen LogP contribution is 2.36. The van der Waals surface area contributed by atoms with Gasteiger partial charge in [-0.15, -0.1) is 0 Å². The van der Waals surface area contributed by atoms with Crippen LogP contribution < -0.4 is 10.1 Å². The van der Waals surface area contributed by atoms with Gasteiger partial charge in [-0.1, -0.05) is 66.8 Å². The topological polar surface area (TPSA) is 151 Å². The van der Waals surface area contributed by atoms with Crippen LogP contribution in [0.15, 0.2) is 97.2 Å². The molecule has 0 radical (unpaired) electrons. The van der Waals surface area contributed by atoms with Gasteiger partial charge in [0.25, 0.3) is 0 Å². The molecule has 0 bridgehead atoms. The Morgan fingerprint density at radius 1 is 1.05 bits per heavy atom. The number of aliphatic hydroxyl groups is 3. The van der Waals surface area contributed by atoms with Crippen LogP contribution in [0.25, 0.3) is 10.9 Å². The van der Waals surface area contributed by atoms with Crippen molar-refractivity contribution in [3.63, 3.8) is 0 Å². The number of benzene rings is 3. The number of aryl methyl sites for hydroxylation is 2. The van der Waals surface area contributed by atoms with Crippen molar-refractivity contribution >= 4 is 22.6 Å². The number of aromatic nitrogens is 2. The molecule has 55 heavy (non-hydrogen) atoms. The predicted octanol–water partition coefficient (Wildman–Crippen LogP) is 7.05. The average Bonchev–Trinajstić information content (AvgIpc) is 3.75. The molecule has 10 heteroatoms. The number of piperidine rings is 1. The Bertz CT molecular complexity index is 1880. The van der Waals surface area contributed by atoms with Gasteiger partial charge >= 0.3 is 5.97 Å². The van der Waals surface area contributed by atoms with E-state index in [0.29, 0.717) is 43.9 Å². The van der Waals surface area contributed by atoms with Crippen LogP contribution >= 0.6 is 0 Å². The highest BCUT2D eigenvalue weighted by Gasteiger charge is 2.39. The fourth-order valence-electron chi connectivity index (χ4n) is 8.22. The number of rotatable bonds is 18. The smallest absolute Gasteiger partial charge is 0.310 e. The number of nitrogens with one attached hydrogen (secondary N) is 2. The van der Waals surface area contributed by atoms with Gasteiger partial charge in [0.05, 0.1) is 35.9 Å².